The molecule has 9 heteroatoms. The summed E-state index contributed by atoms with van der Waals surface area (Å²) in [6.07, 6.45) is 0. The summed E-state index contributed by atoms with van der Waals surface area (Å²) in [6.45, 7) is 2.02. The van der Waals surface area contributed by atoms with Crippen molar-refractivity contribution in [1.82, 2.24) is 25.5 Å². The zero-order valence-corrected chi connectivity index (χ0v) is 12.8. The number of carbonyl (C=O) groups is 1. The van der Waals surface area contributed by atoms with Crippen molar-refractivity contribution in [3.63, 3.8) is 0 Å². The van der Waals surface area contributed by atoms with Crippen LogP contribution in [0.2, 0.25) is 0 Å². The van der Waals surface area contributed by atoms with Crippen LogP contribution < -0.4 is 15.4 Å². The number of hydrogen-bond acceptors (Lipinski definition) is 6. The highest BCUT2D eigenvalue weighted by Crippen LogP contribution is 2.26. The molecule has 0 radical (unpaired) electrons. The van der Waals surface area contributed by atoms with Crippen LogP contribution in [-0.4, -0.2) is 46.8 Å². The van der Waals surface area contributed by atoms with E-state index in [1.807, 2.05) is 0 Å². The van der Waals surface area contributed by atoms with Gasteiger partial charge in [0, 0.05) is 5.69 Å². The normalized spacial score (nSPS) is 9.86. The SMILES string of the molecule is CNCC(=O)Nc1ccc(OC)c(-n2nnnc2C)c1.Cl. The Kier molecular flexibility index (Phi) is 6.07. The largest absolute Gasteiger partial charge is 0.494 e. The van der Waals surface area contributed by atoms with Crippen LogP contribution >= 0.6 is 12.4 Å². The van der Waals surface area contributed by atoms with Gasteiger partial charge < -0.3 is 15.4 Å². The van der Waals surface area contributed by atoms with Gasteiger partial charge in [0.2, 0.25) is 5.91 Å². The third kappa shape index (κ3) is 3.89. The average molecular weight is 313 g/mol. The number of ether oxygens (including phenoxy) is 1. The molecule has 8 nitrogen and oxygen atoms in total. The van der Waals surface area contributed by atoms with Gasteiger partial charge in [-0.15, -0.1) is 17.5 Å². The molecule has 0 atom stereocenters. The number of methoxy groups -OCH3 is 1. The fourth-order valence-corrected chi connectivity index (χ4v) is 1.75. The summed E-state index contributed by atoms with van der Waals surface area (Å²) < 4.78 is 6.84. The average Bonchev–Trinajstić information content (AvgIpc) is 2.85. The van der Waals surface area contributed by atoms with Crippen LogP contribution in [0.4, 0.5) is 5.69 Å². The van der Waals surface area contributed by atoms with E-state index >= 15 is 0 Å². The zero-order chi connectivity index (χ0) is 14.5. The Hall–Kier alpha value is -2.19. The minimum atomic E-state index is -0.128. The lowest BCUT2D eigenvalue weighted by Gasteiger charge is -2.11. The van der Waals surface area contributed by atoms with Gasteiger partial charge in [-0.1, -0.05) is 0 Å². The number of halogens is 1. The molecular weight excluding hydrogens is 296 g/mol. The van der Waals surface area contributed by atoms with Gasteiger partial charge in [-0.3, -0.25) is 4.79 Å². The lowest BCUT2D eigenvalue weighted by Crippen LogP contribution is -2.25. The first-order valence-electron chi connectivity index (χ1n) is 6.03. The van der Waals surface area contributed by atoms with Crippen LogP contribution in [0.1, 0.15) is 5.82 Å². The standard InChI is InChI=1S/C12H16N6O2.ClH/c1-8-15-16-17-18(8)10-6-9(4-5-11(10)20-3)14-12(19)7-13-2;/h4-6,13H,7H2,1-3H3,(H,14,19);1H. The first-order valence-corrected chi connectivity index (χ1v) is 6.03. The number of hydrogen-bond donors (Lipinski definition) is 2. The number of anilines is 1. The minimum absolute atomic E-state index is 0. The molecule has 2 N–H and O–H groups in total. The van der Waals surface area contributed by atoms with Crippen molar-refractivity contribution < 1.29 is 9.53 Å². The van der Waals surface area contributed by atoms with E-state index in [0.717, 1.165) is 0 Å². The third-order valence-corrected chi connectivity index (χ3v) is 2.65. The van der Waals surface area contributed by atoms with Gasteiger partial charge in [-0.05, 0) is 42.6 Å². The van der Waals surface area contributed by atoms with Gasteiger partial charge in [0.05, 0.1) is 13.7 Å². The second-order valence-electron chi connectivity index (χ2n) is 4.10. The third-order valence-electron chi connectivity index (χ3n) is 2.65. The Balaban J connectivity index is 0.00000220. The number of aromatic nitrogens is 4. The van der Waals surface area contributed by atoms with E-state index in [1.54, 1.807) is 44.0 Å². The number of aryl methyl sites for hydroxylation is 1. The molecular formula is C12H17ClN6O2. The van der Waals surface area contributed by atoms with Gasteiger partial charge >= 0.3 is 0 Å². The first-order chi connectivity index (χ1) is 9.65. The van der Waals surface area contributed by atoms with Crippen LogP contribution in [0, 0.1) is 6.92 Å². The van der Waals surface area contributed by atoms with E-state index in [9.17, 15) is 4.79 Å². The fraction of sp³-hybridized carbons (Fsp3) is 0.333. The van der Waals surface area contributed by atoms with Crippen molar-refractivity contribution in [3.8, 4) is 11.4 Å². The molecule has 1 heterocycles. The summed E-state index contributed by atoms with van der Waals surface area (Å²) in [4.78, 5) is 11.6. The molecule has 0 fully saturated rings. The Morgan fingerprint density at radius 3 is 2.76 bits per heavy atom. The molecule has 0 unspecified atom stereocenters. The number of nitrogens with one attached hydrogen (secondary N) is 2. The molecule has 2 aromatic rings. The maximum absolute atomic E-state index is 11.6. The fourth-order valence-electron chi connectivity index (χ4n) is 1.75. The molecule has 1 aromatic heterocycles. The number of nitrogens with zero attached hydrogens (tertiary/aromatic N) is 4. The Morgan fingerprint density at radius 2 is 2.19 bits per heavy atom. The Bertz CT molecular complexity index is 616. The molecule has 0 aliphatic carbocycles. The summed E-state index contributed by atoms with van der Waals surface area (Å²) in [5.41, 5.74) is 1.31. The maximum Gasteiger partial charge on any atom is 0.238 e. The second kappa shape index (κ2) is 7.55. The summed E-state index contributed by atoms with van der Waals surface area (Å²) in [7, 11) is 3.28. The van der Waals surface area contributed by atoms with Gasteiger partial charge in [0.25, 0.3) is 0 Å². The van der Waals surface area contributed by atoms with Gasteiger partial charge in [0.1, 0.15) is 11.4 Å². The van der Waals surface area contributed by atoms with Crippen molar-refractivity contribution in [2.75, 3.05) is 26.0 Å². The summed E-state index contributed by atoms with van der Waals surface area (Å²) in [6, 6.07) is 5.27. The van der Waals surface area contributed by atoms with Crippen LogP contribution in [0.3, 0.4) is 0 Å². The smallest absolute Gasteiger partial charge is 0.238 e. The van der Waals surface area contributed by atoms with E-state index in [0.29, 0.717) is 22.9 Å². The highest BCUT2D eigenvalue weighted by atomic mass is 35.5. The van der Waals surface area contributed by atoms with Gasteiger partial charge in [0.15, 0.2) is 5.82 Å². The molecule has 0 saturated heterocycles. The highest BCUT2D eigenvalue weighted by Gasteiger charge is 2.12. The Morgan fingerprint density at radius 1 is 1.43 bits per heavy atom. The van der Waals surface area contributed by atoms with Crippen molar-refractivity contribution in [2.24, 2.45) is 0 Å². The predicted octanol–water partition coefficient (Wildman–Crippen LogP) is 0.559. The molecule has 0 saturated carbocycles. The van der Waals surface area contributed by atoms with E-state index in [-0.39, 0.29) is 24.9 Å². The number of likely N-dealkylation sites (N-methyl/N-ethyl adjacent to an activating group) is 1. The molecule has 114 valence electrons. The highest BCUT2D eigenvalue weighted by molar-refractivity contribution is 5.92. The van der Waals surface area contributed by atoms with Crippen molar-refractivity contribution >= 4 is 24.0 Å². The van der Waals surface area contributed by atoms with Gasteiger partial charge in [-0.2, -0.15) is 4.68 Å². The summed E-state index contributed by atoms with van der Waals surface area (Å²) >= 11 is 0. The van der Waals surface area contributed by atoms with Crippen LogP contribution in [0.25, 0.3) is 5.69 Å². The maximum atomic E-state index is 11.6. The molecule has 21 heavy (non-hydrogen) atoms. The number of benzene rings is 1. The van der Waals surface area contributed by atoms with Gasteiger partial charge in [-0.25, -0.2) is 0 Å². The summed E-state index contributed by atoms with van der Waals surface area (Å²) in [5, 5.41) is 16.9. The van der Waals surface area contributed by atoms with Crippen LogP contribution in [0.5, 0.6) is 5.75 Å². The molecule has 1 aromatic carbocycles. The monoisotopic (exact) mass is 312 g/mol. The van der Waals surface area contributed by atoms with Crippen molar-refractivity contribution in [3.05, 3.63) is 24.0 Å². The lowest BCUT2D eigenvalue weighted by atomic mass is 10.2. The number of carbonyl (C=O) groups excluding carboxylic acids is 1. The second-order valence-corrected chi connectivity index (χ2v) is 4.10. The lowest BCUT2D eigenvalue weighted by molar-refractivity contribution is -0.115. The van der Waals surface area contributed by atoms with Crippen molar-refractivity contribution in [2.45, 2.75) is 6.92 Å². The van der Waals surface area contributed by atoms with E-state index in [1.165, 1.54) is 0 Å². The van der Waals surface area contributed by atoms with Crippen LogP contribution in [0.15, 0.2) is 18.2 Å². The summed E-state index contributed by atoms with van der Waals surface area (Å²) in [5.74, 6) is 1.12. The van der Waals surface area contributed by atoms with E-state index < -0.39 is 0 Å². The van der Waals surface area contributed by atoms with E-state index in [2.05, 4.69) is 26.2 Å². The topological polar surface area (TPSA) is 94.0 Å². The Labute approximate surface area is 128 Å². The quantitative estimate of drug-likeness (QED) is 0.838. The van der Waals surface area contributed by atoms with Crippen molar-refractivity contribution in [1.29, 1.82) is 0 Å². The minimum Gasteiger partial charge on any atom is -0.494 e. The molecule has 0 aliphatic rings. The molecule has 0 aliphatic heterocycles. The van der Waals surface area contributed by atoms with E-state index in [4.69, 9.17) is 4.74 Å². The number of tetrazole rings is 1. The molecule has 1 amide bonds. The van der Waals surface area contributed by atoms with Crippen LogP contribution in [-0.2, 0) is 4.79 Å². The molecule has 0 spiro atoms. The predicted molar refractivity (Wildman–Crippen MR) is 80.2 cm³/mol. The zero-order valence-electron chi connectivity index (χ0n) is 12.0. The number of rotatable bonds is 5. The molecule has 0 bridgehead atoms. The first kappa shape index (κ1) is 16.9. The molecule has 2 rings (SSSR count). The number of amides is 1.